The van der Waals surface area contributed by atoms with Crippen LogP contribution >= 0.6 is 46.1 Å². The van der Waals surface area contributed by atoms with Gasteiger partial charge in [0.15, 0.2) is 0 Å². The molecule has 1 aromatic heterocycles. The quantitative estimate of drug-likeness (QED) is 0.621. The van der Waals surface area contributed by atoms with Crippen LogP contribution in [0.5, 0.6) is 0 Å². The van der Waals surface area contributed by atoms with Crippen molar-refractivity contribution in [3.8, 4) is 0 Å². The summed E-state index contributed by atoms with van der Waals surface area (Å²) in [4.78, 5) is 2.47. The monoisotopic (exact) mass is 304 g/mol. The summed E-state index contributed by atoms with van der Waals surface area (Å²) in [5, 5.41) is 1.15. The third-order valence-electron chi connectivity index (χ3n) is 2.47. The van der Waals surface area contributed by atoms with Gasteiger partial charge in [-0.2, -0.15) is 0 Å². The van der Waals surface area contributed by atoms with E-state index in [9.17, 15) is 0 Å². The zero-order valence-electron chi connectivity index (χ0n) is 9.21. The number of hydrogen-bond acceptors (Lipinski definition) is 1. The van der Waals surface area contributed by atoms with Crippen LogP contribution in [0.15, 0.2) is 30.3 Å². The number of benzene rings is 1. The smallest absolute Gasteiger partial charge is 0.0718 e. The topological polar surface area (TPSA) is 0 Å². The molecule has 2 aromatic rings. The fourth-order valence-electron chi connectivity index (χ4n) is 1.60. The molecule has 17 heavy (non-hydrogen) atoms. The van der Waals surface area contributed by atoms with Crippen LogP contribution < -0.4 is 0 Å². The maximum Gasteiger partial charge on any atom is 0.0718 e. The summed E-state index contributed by atoms with van der Waals surface area (Å²) in [6.45, 7) is 2.08. The Bertz CT molecular complexity index is 519. The molecule has 0 bridgehead atoms. The average Bonchev–Trinajstić information content (AvgIpc) is 2.70. The highest BCUT2D eigenvalue weighted by molar-refractivity contribution is 7.12. The van der Waals surface area contributed by atoms with E-state index in [1.54, 1.807) is 11.3 Å². The van der Waals surface area contributed by atoms with Gasteiger partial charge in [0.2, 0.25) is 0 Å². The van der Waals surface area contributed by atoms with Crippen molar-refractivity contribution in [3.05, 3.63) is 55.7 Å². The molecule has 90 valence electrons. The Morgan fingerprint density at radius 1 is 1.12 bits per heavy atom. The minimum Gasteiger partial charge on any atom is -0.144 e. The molecule has 4 heteroatoms. The van der Waals surface area contributed by atoms with Gasteiger partial charge in [0.1, 0.15) is 0 Å². The van der Waals surface area contributed by atoms with Gasteiger partial charge in [-0.1, -0.05) is 29.3 Å². The molecule has 0 aliphatic rings. The molecular weight excluding hydrogens is 295 g/mol. The maximum absolute atomic E-state index is 6.38. The molecular formula is C13H11Cl3S. The summed E-state index contributed by atoms with van der Waals surface area (Å²) >= 11 is 20.0. The second kappa shape index (κ2) is 5.62. The van der Waals surface area contributed by atoms with E-state index in [1.165, 1.54) is 9.75 Å². The Balaban J connectivity index is 2.12. The van der Waals surface area contributed by atoms with Crippen molar-refractivity contribution in [3.63, 3.8) is 0 Å². The first kappa shape index (κ1) is 13.2. The number of rotatable bonds is 3. The number of halogens is 3. The van der Waals surface area contributed by atoms with Gasteiger partial charge in [-0.15, -0.1) is 22.9 Å². The summed E-state index contributed by atoms with van der Waals surface area (Å²) in [6, 6.07) is 9.81. The zero-order chi connectivity index (χ0) is 12.4. The van der Waals surface area contributed by atoms with Gasteiger partial charge in [-0.3, -0.25) is 0 Å². The molecule has 0 saturated heterocycles. The molecule has 0 N–H and O–H groups in total. The molecule has 0 radical (unpaired) electrons. The SMILES string of the molecule is Cc1ccc(C(Cl)Cc2ccc(Cl)c(Cl)c2)s1. The highest BCUT2D eigenvalue weighted by atomic mass is 35.5. The van der Waals surface area contributed by atoms with Crippen molar-refractivity contribution >= 4 is 46.1 Å². The van der Waals surface area contributed by atoms with Crippen LogP contribution in [0.1, 0.15) is 20.7 Å². The van der Waals surface area contributed by atoms with E-state index in [-0.39, 0.29) is 5.38 Å². The average molecular weight is 306 g/mol. The molecule has 2 rings (SSSR count). The second-order valence-corrected chi connectivity index (χ2v) is 6.53. The Morgan fingerprint density at radius 2 is 1.88 bits per heavy atom. The Labute approximate surface area is 120 Å². The molecule has 1 aromatic carbocycles. The summed E-state index contributed by atoms with van der Waals surface area (Å²) in [7, 11) is 0. The molecule has 0 aliphatic heterocycles. The molecule has 0 nitrogen and oxygen atoms in total. The van der Waals surface area contributed by atoms with Crippen molar-refractivity contribution < 1.29 is 0 Å². The number of alkyl halides is 1. The maximum atomic E-state index is 6.38. The molecule has 0 amide bonds. The fraction of sp³-hybridized carbons (Fsp3) is 0.231. The zero-order valence-corrected chi connectivity index (χ0v) is 12.3. The van der Waals surface area contributed by atoms with Gasteiger partial charge in [-0.25, -0.2) is 0 Å². The van der Waals surface area contributed by atoms with Crippen molar-refractivity contribution in [2.45, 2.75) is 18.7 Å². The van der Waals surface area contributed by atoms with Crippen molar-refractivity contribution in [2.75, 3.05) is 0 Å². The Kier molecular flexibility index (Phi) is 4.37. The first-order chi connectivity index (χ1) is 8.06. The number of thiophene rings is 1. The van der Waals surface area contributed by atoms with E-state index in [2.05, 4.69) is 19.1 Å². The van der Waals surface area contributed by atoms with Gasteiger partial charge < -0.3 is 0 Å². The first-order valence-electron chi connectivity index (χ1n) is 5.20. The van der Waals surface area contributed by atoms with Crippen LogP contribution in [-0.4, -0.2) is 0 Å². The summed E-state index contributed by atoms with van der Waals surface area (Å²) in [5.74, 6) is 0. The molecule has 0 spiro atoms. The van der Waals surface area contributed by atoms with Crippen LogP contribution in [0.25, 0.3) is 0 Å². The van der Waals surface area contributed by atoms with Gasteiger partial charge >= 0.3 is 0 Å². The lowest BCUT2D eigenvalue weighted by molar-refractivity contribution is 0.940. The molecule has 0 aliphatic carbocycles. The fourth-order valence-corrected chi connectivity index (χ4v) is 3.16. The summed E-state index contributed by atoms with van der Waals surface area (Å²) in [6.07, 6.45) is 0.762. The van der Waals surface area contributed by atoms with Crippen molar-refractivity contribution in [2.24, 2.45) is 0 Å². The van der Waals surface area contributed by atoms with Gasteiger partial charge in [0.05, 0.1) is 15.4 Å². The van der Waals surface area contributed by atoms with E-state index < -0.39 is 0 Å². The lowest BCUT2D eigenvalue weighted by atomic mass is 10.1. The van der Waals surface area contributed by atoms with E-state index in [4.69, 9.17) is 34.8 Å². The minimum absolute atomic E-state index is 0.00839. The van der Waals surface area contributed by atoms with E-state index in [0.29, 0.717) is 10.0 Å². The van der Waals surface area contributed by atoms with Gasteiger partial charge in [-0.05, 0) is 43.2 Å². The van der Waals surface area contributed by atoms with Gasteiger partial charge in [0, 0.05) is 9.75 Å². The summed E-state index contributed by atoms with van der Waals surface area (Å²) < 4.78 is 0. The normalized spacial score (nSPS) is 12.7. The third-order valence-corrected chi connectivity index (χ3v) is 4.84. The minimum atomic E-state index is -0.00839. The van der Waals surface area contributed by atoms with Crippen molar-refractivity contribution in [1.82, 2.24) is 0 Å². The second-order valence-electron chi connectivity index (χ2n) is 3.87. The number of hydrogen-bond donors (Lipinski definition) is 0. The van der Waals surface area contributed by atoms with E-state index in [1.807, 2.05) is 18.2 Å². The van der Waals surface area contributed by atoms with Crippen LogP contribution in [0.4, 0.5) is 0 Å². The lowest BCUT2D eigenvalue weighted by Crippen LogP contribution is -1.93. The molecule has 1 atom stereocenters. The largest absolute Gasteiger partial charge is 0.144 e. The first-order valence-corrected chi connectivity index (χ1v) is 7.21. The highest BCUT2D eigenvalue weighted by Crippen LogP contribution is 2.32. The van der Waals surface area contributed by atoms with Crippen LogP contribution in [0.2, 0.25) is 10.0 Å². The van der Waals surface area contributed by atoms with E-state index >= 15 is 0 Å². The van der Waals surface area contributed by atoms with E-state index in [0.717, 1.165) is 12.0 Å². The Hall–Kier alpha value is -0.210. The molecule has 1 unspecified atom stereocenters. The highest BCUT2D eigenvalue weighted by Gasteiger charge is 2.11. The van der Waals surface area contributed by atoms with Gasteiger partial charge in [0.25, 0.3) is 0 Å². The molecule has 0 fully saturated rings. The third kappa shape index (κ3) is 3.38. The molecule has 1 heterocycles. The van der Waals surface area contributed by atoms with Crippen LogP contribution in [-0.2, 0) is 6.42 Å². The predicted molar refractivity (Wildman–Crippen MR) is 77.8 cm³/mol. The molecule has 0 saturated carbocycles. The van der Waals surface area contributed by atoms with Crippen molar-refractivity contribution in [1.29, 1.82) is 0 Å². The lowest BCUT2D eigenvalue weighted by Gasteiger charge is -2.08. The van der Waals surface area contributed by atoms with Crippen LogP contribution in [0, 0.1) is 6.92 Å². The Morgan fingerprint density at radius 3 is 2.47 bits per heavy atom. The predicted octanol–water partition coefficient (Wildman–Crippen LogP) is 5.89. The standard InChI is InChI=1S/C13H11Cl3S/c1-8-2-5-13(17-8)12(16)7-9-3-4-10(14)11(15)6-9/h2-6,12H,7H2,1H3. The summed E-state index contributed by atoms with van der Waals surface area (Å²) in [5.41, 5.74) is 1.10. The number of aryl methyl sites for hydroxylation is 1. The van der Waals surface area contributed by atoms with Crippen LogP contribution in [0.3, 0.4) is 0 Å².